The summed E-state index contributed by atoms with van der Waals surface area (Å²) >= 11 is 3.56. The van der Waals surface area contributed by atoms with E-state index in [1.807, 2.05) is 27.0 Å². The van der Waals surface area contributed by atoms with Crippen molar-refractivity contribution in [1.29, 1.82) is 0 Å². The molecule has 1 rings (SSSR count). The van der Waals surface area contributed by atoms with Crippen LogP contribution >= 0.6 is 15.9 Å². The van der Waals surface area contributed by atoms with Crippen molar-refractivity contribution in [3.05, 3.63) is 17.6 Å². The van der Waals surface area contributed by atoms with Gasteiger partial charge in [0.25, 0.3) is 0 Å². The lowest BCUT2D eigenvalue weighted by atomic mass is 10.3. The second-order valence-electron chi connectivity index (χ2n) is 3.85. The van der Waals surface area contributed by atoms with Crippen LogP contribution in [0.15, 0.2) is 6.07 Å². The molecule has 0 radical (unpaired) electrons. The first-order valence-electron chi connectivity index (χ1n) is 5.19. The Morgan fingerprint density at radius 3 is 2.69 bits per heavy atom. The van der Waals surface area contributed by atoms with E-state index in [9.17, 15) is 0 Å². The highest BCUT2D eigenvalue weighted by Crippen LogP contribution is 2.13. The summed E-state index contributed by atoms with van der Waals surface area (Å²) in [5.74, 6) is 1.75. The fraction of sp³-hybridized carbons (Fsp3) is 0.636. The van der Waals surface area contributed by atoms with Crippen molar-refractivity contribution in [2.75, 3.05) is 32.2 Å². The van der Waals surface area contributed by atoms with Crippen molar-refractivity contribution in [1.82, 2.24) is 9.97 Å². The topological polar surface area (TPSA) is 38.2 Å². The van der Waals surface area contributed by atoms with Gasteiger partial charge in [0.2, 0.25) is 0 Å². The molecule has 1 aromatic rings. The summed E-state index contributed by atoms with van der Waals surface area (Å²) < 4.78 is 5.08. The molecule has 90 valence electrons. The van der Waals surface area contributed by atoms with Crippen LogP contribution in [0.2, 0.25) is 0 Å². The minimum atomic E-state index is 0.304. The number of ether oxygens (including phenoxy) is 1. The van der Waals surface area contributed by atoms with E-state index in [4.69, 9.17) is 4.74 Å². The highest BCUT2D eigenvalue weighted by Gasteiger charge is 2.10. The second kappa shape index (κ2) is 6.15. The molecule has 0 saturated heterocycles. The number of rotatable bonds is 5. The normalized spacial score (nSPS) is 12.6. The zero-order chi connectivity index (χ0) is 12.1. The summed E-state index contributed by atoms with van der Waals surface area (Å²) in [5.41, 5.74) is 0.993. The molecule has 0 aromatic carbocycles. The third-order valence-corrected chi connectivity index (χ3v) is 2.72. The van der Waals surface area contributed by atoms with Gasteiger partial charge in [0.15, 0.2) is 0 Å². The van der Waals surface area contributed by atoms with E-state index < -0.39 is 0 Å². The molecule has 1 aromatic heterocycles. The first kappa shape index (κ1) is 13.4. The summed E-state index contributed by atoms with van der Waals surface area (Å²) in [6.45, 7) is 5.43. The number of aryl methyl sites for hydroxylation is 2. The number of halogens is 1. The number of nitrogens with zero attached hydrogens (tertiary/aromatic N) is 3. The van der Waals surface area contributed by atoms with Gasteiger partial charge in [-0.15, -0.1) is 0 Å². The maximum absolute atomic E-state index is 5.08. The maximum Gasteiger partial charge on any atom is 0.132 e. The standard InChI is InChI=1S/C11H18BrN3O/c1-8-5-11(14-9(2)13-8)15(3)6-10(12)7-16-4/h5,10H,6-7H2,1-4H3. The number of alkyl halides is 1. The van der Waals surface area contributed by atoms with Crippen LogP contribution in [0.4, 0.5) is 5.82 Å². The van der Waals surface area contributed by atoms with Gasteiger partial charge in [-0.25, -0.2) is 9.97 Å². The average molecular weight is 288 g/mol. The third-order valence-electron chi connectivity index (χ3n) is 2.16. The molecule has 4 nitrogen and oxygen atoms in total. The van der Waals surface area contributed by atoms with Crippen LogP contribution in [0.5, 0.6) is 0 Å². The average Bonchev–Trinajstić information content (AvgIpc) is 2.16. The zero-order valence-corrected chi connectivity index (χ0v) is 11.8. The van der Waals surface area contributed by atoms with E-state index in [0.29, 0.717) is 11.4 Å². The van der Waals surface area contributed by atoms with E-state index in [-0.39, 0.29) is 0 Å². The first-order valence-corrected chi connectivity index (χ1v) is 6.11. The molecule has 0 saturated carbocycles. The fourth-order valence-electron chi connectivity index (χ4n) is 1.52. The largest absolute Gasteiger partial charge is 0.383 e. The molecule has 0 aliphatic carbocycles. The van der Waals surface area contributed by atoms with Gasteiger partial charge in [-0.2, -0.15) is 0 Å². The van der Waals surface area contributed by atoms with Crippen molar-refractivity contribution in [3.63, 3.8) is 0 Å². The lowest BCUT2D eigenvalue weighted by Crippen LogP contribution is -2.29. The van der Waals surface area contributed by atoms with Gasteiger partial charge in [-0.1, -0.05) is 15.9 Å². The molecule has 0 N–H and O–H groups in total. The van der Waals surface area contributed by atoms with Crippen LogP contribution < -0.4 is 4.90 Å². The summed E-state index contributed by atoms with van der Waals surface area (Å²) in [6.07, 6.45) is 0. The lowest BCUT2D eigenvalue weighted by Gasteiger charge is -2.21. The number of methoxy groups -OCH3 is 1. The van der Waals surface area contributed by atoms with Crippen LogP contribution in [0.1, 0.15) is 11.5 Å². The quantitative estimate of drug-likeness (QED) is 0.776. The van der Waals surface area contributed by atoms with Crippen LogP contribution in [0.3, 0.4) is 0 Å². The van der Waals surface area contributed by atoms with Crippen LogP contribution in [0.25, 0.3) is 0 Å². The molecule has 1 atom stereocenters. The van der Waals surface area contributed by atoms with Crippen molar-refractivity contribution < 1.29 is 4.74 Å². The maximum atomic E-state index is 5.08. The van der Waals surface area contributed by atoms with Gasteiger partial charge >= 0.3 is 0 Å². The molecule has 1 unspecified atom stereocenters. The molecule has 16 heavy (non-hydrogen) atoms. The summed E-state index contributed by atoms with van der Waals surface area (Å²) in [6, 6.07) is 1.99. The zero-order valence-electron chi connectivity index (χ0n) is 10.2. The number of aromatic nitrogens is 2. The fourth-order valence-corrected chi connectivity index (χ4v) is 2.22. The van der Waals surface area contributed by atoms with E-state index in [0.717, 1.165) is 23.9 Å². The molecule has 1 heterocycles. The summed E-state index contributed by atoms with van der Waals surface area (Å²) in [7, 11) is 3.72. The summed E-state index contributed by atoms with van der Waals surface area (Å²) in [5, 5.41) is 0. The molecule has 0 fully saturated rings. The molecular formula is C11H18BrN3O. The predicted molar refractivity (Wildman–Crippen MR) is 69.4 cm³/mol. The number of hydrogen-bond acceptors (Lipinski definition) is 4. The molecule has 0 aliphatic rings. The van der Waals surface area contributed by atoms with Gasteiger partial charge in [-0.05, 0) is 13.8 Å². The van der Waals surface area contributed by atoms with Crippen LogP contribution in [-0.2, 0) is 4.74 Å². The predicted octanol–water partition coefficient (Wildman–Crippen LogP) is 1.94. The Labute approximate surface area is 105 Å². The van der Waals surface area contributed by atoms with Gasteiger partial charge in [0.1, 0.15) is 11.6 Å². The van der Waals surface area contributed by atoms with Crippen molar-refractivity contribution in [2.45, 2.75) is 18.7 Å². The van der Waals surface area contributed by atoms with Crippen molar-refractivity contribution in [2.24, 2.45) is 0 Å². The minimum Gasteiger partial charge on any atom is -0.383 e. The van der Waals surface area contributed by atoms with Gasteiger partial charge < -0.3 is 9.64 Å². The van der Waals surface area contributed by atoms with Crippen LogP contribution in [-0.4, -0.2) is 42.1 Å². The Balaban J connectivity index is 2.68. The van der Waals surface area contributed by atoms with Crippen LogP contribution in [0, 0.1) is 13.8 Å². The molecule has 0 spiro atoms. The Morgan fingerprint density at radius 2 is 2.12 bits per heavy atom. The minimum absolute atomic E-state index is 0.304. The first-order chi connectivity index (χ1) is 7.52. The summed E-state index contributed by atoms with van der Waals surface area (Å²) in [4.78, 5) is 11.1. The number of anilines is 1. The van der Waals surface area contributed by atoms with E-state index in [1.165, 1.54) is 0 Å². The molecule has 0 aliphatic heterocycles. The van der Waals surface area contributed by atoms with Gasteiger partial charge in [0.05, 0.1) is 11.4 Å². The lowest BCUT2D eigenvalue weighted by molar-refractivity contribution is 0.201. The van der Waals surface area contributed by atoms with Crippen molar-refractivity contribution in [3.8, 4) is 0 Å². The molecular weight excluding hydrogens is 270 g/mol. The molecule has 5 heteroatoms. The smallest absolute Gasteiger partial charge is 0.132 e. The SMILES string of the molecule is COCC(Br)CN(C)c1cc(C)nc(C)n1. The monoisotopic (exact) mass is 287 g/mol. The van der Waals surface area contributed by atoms with E-state index in [1.54, 1.807) is 7.11 Å². The van der Waals surface area contributed by atoms with Crippen molar-refractivity contribution >= 4 is 21.7 Å². The van der Waals surface area contributed by atoms with E-state index in [2.05, 4.69) is 30.8 Å². The van der Waals surface area contributed by atoms with Gasteiger partial charge in [0, 0.05) is 32.5 Å². The Kier molecular flexibility index (Phi) is 5.15. The highest BCUT2D eigenvalue weighted by molar-refractivity contribution is 9.09. The molecule has 0 bridgehead atoms. The second-order valence-corrected chi connectivity index (χ2v) is 5.14. The van der Waals surface area contributed by atoms with Gasteiger partial charge in [-0.3, -0.25) is 0 Å². The Morgan fingerprint density at radius 1 is 1.44 bits per heavy atom. The Bertz CT molecular complexity index is 326. The number of hydrogen-bond donors (Lipinski definition) is 0. The highest BCUT2D eigenvalue weighted by atomic mass is 79.9. The Hall–Kier alpha value is -0.680. The van der Waals surface area contributed by atoms with E-state index >= 15 is 0 Å². The third kappa shape index (κ3) is 4.06. The molecule has 0 amide bonds.